The quantitative estimate of drug-likeness (QED) is 0.688. The van der Waals surface area contributed by atoms with Gasteiger partial charge in [0.15, 0.2) is 0 Å². The molecular formula is C19H21ClN2O4S. The fourth-order valence-electron chi connectivity index (χ4n) is 2.20. The molecule has 27 heavy (non-hydrogen) atoms. The van der Waals surface area contributed by atoms with Crippen molar-refractivity contribution in [3.05, 3.63) is 47.5 Å². The third-order valence-electron chi connectivity index (χ3n) is 3.63. The number of methoxy groups -OCH3 is 2. The van der Waals surface area contributed by atoms with Crippen LogP contribution in [0.25, 0.3) is 0 Å². The molecule has 0 saturated heterocycles. The smallest absolute Gasteiger partial charge is 0.237 e. The summed E-state index contributed by atoms with van der Waals surface area (Å²) in [6.07, 6.45) is 0. The Hall–Kier alpha value is -2.38. The van der Waals surface area contributed by atoms with E-state index in [0.717, 1.165) is 0 Å². The number of hydrogen-bond acceptors (Lipinski definition) is 5. The van der Waals surface area contributed by atoms with Crippen LogP contribution >= 0.6 is 23.4 Å². The number of ether oxygens (including phenoxy) is 2. The van der Waals surface area contributed by atoms with Gasteiger partial charge in [-0.1, -0.05) is 23.7 Å². The van der Waals surface area contributed by atoms with Gasteiger partial charge in [-0.3, -0.25) is 9.59 Å². The molecule has 1 atom stereocenters. The fourth-order valence-corrected chi connectivity index (χ4v) is 3.14. The Labute approximate surface area is 167 Å². The summed E-state index contributed by atoms with van der Waals surface area (Å²) in [4.78, 5) is 24.4. The Morgan fingerprint density at radius 1 is 1.07 bits per heavy atom. The third kappa shape index (κ3) is 6.08. The predicted octanol–water partition coefficient (Wildman–Crippen LogP) is 4.06. The Balaban J connectivity index is 1.85. The van der Waals surface area contributed by atoms with Crippen molar-refractivity contribution in [3.8, 4) is 11.5 Å². The first-order chi connectivity index (χ1) is 12.9. The summed E-state index contributed by atoms with van der Waals surface area (Å²) in [6.45, 7) is 1.74. The molecule has 2 aromatic rings. The zero-order chi connectivity index (χ0) is 19.8. The van der Waals surface area contributed by atoms with Crippen molar-refractivity contribution in [2.24, 2.45) is 0 Å². The van der Waals surface area contributed by atoms with Gasteiger partial charge in [0, 0.05) is 5.69 Å². The van der Waals surface area contributed by atoms with E-state index in [1.807, 2.05) is 6.07 Å². The van der Waals surface area contributed by atoms with E-state index in [9.17, 15) is 9.59 Å². The minimum atomic E-state index is -0.422. The van der Waals surface area contributed by atoms with Crippen molar-refractivity contribution in [1.82, 2.24) is 0 Å². The van der Waals surface area contributed by atoms with Gasteiger partial charge in [0.25, 0.3) is 0 Å². The lowest BCUT2D eigenvalue weighted by molar-refractivity contribution is -0.115. The Morgan fingerprint density at radius 2 is 1.78 bits per heavy atom. The monoisotopic (exact) mass is 408 g/mol. The van der Waals surface area contributed by atoms with Gasteiger partial charge < -0.3 is 20.1 Å². The number of rotatable bonds is 8. The molecule has 2 amide bonds. The highest BCUT2D eigenvalue weighted by Gasteiger charge is 2.16. The zero-order valence-corrected chi connectivity index (χ0v) is 16.8. The van der Waals surface area contributed by atoms with Crippen LogP contribution in [0.1, 0.15) is 6.92 Å². The van der Waals surface area contributed by atoms with E-state index < -0.39 is 5.25 Å². The number of nitrogens with one attached hydrogen (secondary N) is 2. The van der Waals surface area contributed by atoms with Gasteiger partial charge in [-0.2, -0.15) is 0 Å². The molecule has 0 saturated carbocycles. The van der Waals surface area contributed by atoms with Gasteiger partial charge in [-0.25, -0.2) is 0 Å². The predicted molar refractivity (Wildman–Crippen MR) is 110 cm³/mol. The third-order valence-corrected chi connectivity index (χ3v) is 5.07. The summed E-state index contributed by atoms with van der Waals surface area (Å²) in [5, 5.41) is 5.54. The molecule has 144 valence electrons. The molecular weight excluding hydrogens is 388 g/mol. The van der Waals surface area contributed by atoms with Crippen LogP contribution in [0.15, 0.2) is 42.5 Å². The molecule has 0 aromatic heterocycles. The van der Waals surface area contributed by atoms with Crippen LogP contribution < -0.4 is 20.1 Å². The lowest BCUT2D eigenvalue weighted by atomic mass is 10.3. The Kier molecular flexibility index (Phi) is 7.82. The summed E-state index contributed by atoms with van der Waals surface area (Å²) < 4.78 is 10.3. The second-order valence-electron chi connectivity index (χ2n) is 5.54. The van der Waals surface area contributed by atoms with Crippen LogP contribution in [0, 0.1) is 0 Å². The molecule has 2 aromatic carbocycles. The van der Waals surface area contributed by atoms with Crippen LogP contribution in [-0.2, 0) is 9.59 Å². The highest BCUT2D eigenvalue weighted by Crippen LogP contribution is 2.28. The molecule has 0 aliphatic carbocycles. The van der Waals surface area contributed by atoms with Gasteiger partial charge in [-0.15, -0.1) is 11.8 Å². The zero-order valence-electron chi connectivity index (χ0n) is 15.2. The lowest BCUT2D eigenvalue weighted by Crippen LogP contribution is -2.25. The minimum Gasteiger partial charge on any atom is -0.495 e. The van der Waals surface area contributed by atoms with Crippen molar-refractivity contribution in [1.29, 1.82) is 0 Å². The molecule has 2 rings (SSSR count). The molecule has 0 bridgehead atoms. The van der Waals surface area contributed by atoms with Gasteiger partial charge in [0.2, 0.25) is 11.8 Å². The van der Waals surface area contributed by atoms with Gasteiger partial charge in [-0.05, 0) is 37.3 Å². The number of hydrogen-bond donors (Lipinski definition) is 2. The van der Waals surface area contributed by atoms with Crippen molar-refractivity contribution in [2.75, 3.05) is 30.6 Å². The normalized spacial score (nSPS) is 11.4. The maximum absolute atomic E-state index is 12.3. The molecule has 0 spiro atoms. The van der Waals surface area contributed by atoms with E-state index in [1.165, 1.54) is 26.0 Å². The number of amides is 2. The molecule has 0 fully saturated rings. The first kappa shape index (κ1) is 20.9. The number of halogens is 1. The maximum Gasteiger partial charge on any atom is 0.237 e. The molecule has 8 heteroatoms. The average molecular weight is 409 g/mol. The van der Waals surface area contributed by atoms with Crippen molar-refractivity contribution in [3.63, 3.8) is 0 Å². The topological polar surface area (TPSA) is 76.7 Å². The summed E-state index contributed by atoms with van der Waals surface area (Å²) >= 11 is 7.29. The van der Waals surface area contributed by atoms with Crippen molar-refractivity contribution in [2.45, 2.75) is 12.2 Å². The number of carbonyl (C=O) groups excluding carboxylic acids is 2. The molecule has 0 aliphatic heterocycles. The minimum absolute atomic E-state index is 0.135. The number of thioether (sulfide) groups is 1. The SMILES string of the molecule is COc1ccc(NC(=O)[C@@H](C)SCC(=O)Nc2ccccc2OC)cc1Cl. The van der Waals surface area contributed by atoms with Gasteiger partial charge in [0.05, 0.1) is 35.9 Å². The second kappa shape index (κ2) is 10.1. The fraction of sp³-hybridized carbons (Fsp3) is 0.263. The number of anilines is 2. The van der Waals surface area contributed by atoms with Gasteiger partial charge >= 0.3 is 0 Å². The standard InChI is InChI=1S/C19H21ClN2O4S/c1-12(19(24)21-13-8-9-16(25-2)14(20)10-13)27-11-18(23)22-15-6-4-5-7-17(15)26-3/h4-10,12H,11H2,1-3H3,(H,21,24)(H,22,23)/t12-/m1/s1. The maximum atomic E-state index is 12.3. The van der Waals surface area contributed by atoms with Crippen molar-refractivity contribution < 1.29 is 19.1 Å². The lowest BCUT2D eigenvalue weighted by Gasteiger charge is -2.13. The molecule has 0 heterocycles. The van der Waals surface area contributed by atoms with Crippen LogP contribution in [0.2, 0.25) is 5.02 Å². The van der Waals surface area contributed by atoms with Crippen LogP contribution in [-0.4, -0.2) is 37.0 Å². The molecule has 0 unspecified atom stereocenters. The first-order valence-electron chi connectivity index (χ1n) is 8.13. The summed E-state index contributed by atoms with van der Waals surface area (Å²) in [5.41, 5.74) is 1.16. The van der Waals surface area contributed by atoms with Crippen LogP contribution in [0.4, 0.5) is 11.4 Å². The van der Waals surface area contributed by atoms with Crippen LogP contribution in [0.3, 0.4) is 0 Å². The average Bonchev–Trinajstić information content (AvgIpc) is 2.66. The highest BCUT2D eigenvalue weighted by atomic mass is 35.5. The highest BCUT2D eigenvalue weighted by molar-refractivity contribution is 8.01. The van der Waals surface area contributed by atoms with E-state index in [2.05, 4.69) is 10.6 Å². The van der Waals surface area contributed by atoms with E-state index in [4.69, 9.17) is 21.1 Å². The molecule has 6 nitrogen and oxygen atoms in total. The number of benzene rings is 2. The summed E-state index contributed by atoms with van der Waals surface area (Å²) in [6, 6.07) is 12.1. The van der Waals surface area contributed by atoms with Gasteiger partial charge in [0.1, 0.15) is 11.5 Å². The Morgan fingerprint density at radius 3 is 2.44 bits per heavy atom. The summed E-state index contributed by atoms with van der Waals surface area (Å²) in [7, 11) is 3.06. The first-order valence-corrected chi connectivity index (χ1v) is 9.56. The van der Waals surface area contributed by atoms with E-state index >= 15 is 0 Å². The molecule has 0 radical (unpaired) electrons. The number of para-hydroxylation sites is 2. The van der Waals surface area contributed by atoms with E-state index in [0.29, 0.717) is 27.9 Å². The molecule has 0 aliphatic rings. The Bertz CT molecular complexity index is 816. The van der Waals surface area contributed by atoms with E-state index in [1.54, 1.807) is 43.3 Å². The van der Waals surface area contributed by atoms with E-state index in [-0.39, 0.29) is 17.6 Å². The largest absolute Gasteiger partial charge is 0.495 e. The molecule has 2 N–H and O–H groups in total. The van der Waals surface area contributed by atoms with Crippen molar-refractivity contribution >= 4 is 46.6 Å². The number of carbonyl (C=O) groups is 2. The van der Waals surface area contributed by atoms with Crippen LogP contribution in [0.5, 0.6) is 11.5 Å². The summed E-state index contributed by atoms with van der Waals surface area (Å²) in [5.74, 6) is 0.821. The second-order valence-corrected chi connectivity index (χ2v) is 7.28.